The van der Waals surface area contributed by atoms with Crippen LogP contribution in [0.15, 0.2) is 18.5 Å². The van der Waals surface area contributed by atoms with Gasteiger partial charge < -0.3 is 25.4 Å². The zero-order chi connectivity index (χ0) is 26.2. The van der Waals surface area contributed by atoms with Gasteiger partial charge in [0.1, 0.15) is 6.61 Å². The van der Waals surface area contributed by atoms with Gasteiger partial charge in [0.15, 0.2) is 5.75 Å². The largest absolute Gasteiger partial charge is 0.490 e. The second-order valence-electron chi connectivity index (χ2n) is 9.80. The van der Waals surface area contributed by atoms with Gasteiger partial charge in [0.05, 0.1) is 24.4 Å². The Labute approximate surface area is 210 Å². The summed E-state index contributed by atoms with van der Waals surface area (Å²) in [6.07, 6.45) is 3.40. The third-order valence-corrected chi connectivity index (χ3v) is 6.79. The molecule has 3 N–H and O–H groups in total. The summed E-state index contributed by atoms with van der Waals surface area (Å²) in [6, 6.07) is 0.712. The first kappa shape index (κ1) is 25.2. The normalized spacial score (nSPS) is 22.7. The predicted octanol–water partition coefficient (Wildman–Crippen LogP) is 2.71. The lowest BCUT2D eigenvalue weighted by molar-refractivity contribution is -0.0902. The highest BCUT2D eigenvalue weighted by Crippen LogP contribution is 2.48. The van der Waals surface area contributed by atoms with Crippen LogP contribution < -0.4 is 25.4 Å². The Hall–Kier alpha value is -3.45. The Morgan fingerprint density at radius 2 is 1.81 bits per heavy atom. The number of hydrogen-bond donors (Lipinski definition) is 2. The summed E-state index contributed by atoms with van der Waals surface area (Å²) >= 11 is 0. The fraction of sp³-hybridized carbons (Fsp3) is 0.609. The Bertz CT molecular complexity index is 1140. The maximum atomic E-state index is 13.3. The van der Waals surface area contributed by atoms with Crippen LogP contribution in [0.1, 0.15) is 42.7 Å². The van der Waals surface area contributed by atoms with Gasteiger partial charge in [0.25, 0.3) is 17.8 Å². The molecule has 2 aromatic heterocycles. The molecule has 200 valence electrons. The lowest BCUT2D eigenvalue weighted by atomic mass is 9.88. The molecule has 2 aliphatic carbocycles. The monoisotopic (exact) mass is 525 g/mol. The van der Waals surface area contributed by atoms with Gasteiger partial charge in [-0.1, -0.05) is 0 Å². The van der Waals surface area contributed by atoms with Gasteiger partial charge in [-0.3, -0.25) is 9.78 Å². The number of piperidine rings is 1. The van der Waals surface area contributed by atoms with Crippen LogP contribution in [0.25, 0.3) is 0 Å². The summed E-state index contributed by atoms with van der Waals surface area (Å²) in [4.78, 5) is 30.9. The van der Waals surface area contributed by atoms with Crippen molar-refractivity contribution >= 4 is 17.5 Å². The van der Waals surface area contributed by atoms with Gasteiger partial charge in [-0.2, -0.15) is 15.0 Å². The van der Waals surface area contributed by atoms with Crippen molar-refractivity contribution in [2.24, 2.45) is 11.8 Å². The molecule has 0 aromatic carbocycles. The molecule has 1 aliphatic heterocycles. The number of hydrogen-bond acceptors (Lipinski definition) is 9. The number of ether oxygens (including phenoxy) is 2. The fourth-order valence-electron chi connectivity index (χ4n) is 4.31. The third kappa shape index (κ3) is 6.10. The number of nitrogens with zero attached hydrogens (tertiary/aromatic N) is 5. The molecule has 0 radical (unpaired) electrons. The number of alkyl halides is 4. The van der Waals surface area contributed by atoms with Gasteiger partial charge >= 0.3 is 6.01 Å². The molecule has 3 fully saturated rings. The van der Waals surface area contributed by atoms with Gasteiger partial charge in [-0.15, -0.1) is 0 Å². The summed E-state index contributed by atoms with van der Waals surface area (Å²) in [7, 11) is 0. The lowest BCUT2D eigenvalue weighted by Gasteiger charge is -2.35. The molecular weight excluding hydrogens is 498 g/mol. The maximum Gasteiger partial charge on any atom is 0.321 e. The number of nitrogen functional groups attached to an aromatic ring is 1. The SMILES string of the molecule is Nc1ccncc1OCC1CCN(c2nc(OCC3CC3(F)F)nc(C(=O)NC3CC(F)(F)C3)n2)CC1. The van der Waals surface area contributed by atoms with Crippen LogP contribution in [-0.2, 0) is 0 Å². The average Bonchev–Trinajstić information content (AvgIpc) is 3.47. The quantitative estimate of drug-likeness (QED) is 0.475. The van der Waals surface area contributed by atoms with Crippen molar-refractivity contribution in [3.05, 3.63) is 24.3 Å². The number of carbonyl (C=O) groups is 1. The first-order chi connectivity index (χ1) is 17.6. The lowest BCUT2D eigenvalue weighted by Crippen LogP contribution is -2.50. The first-order valence-electron chi connectivity index (χ1n) is 12.1. The summed E-state index contributed by atoms with van der Waals surface area (Å²) in [5.74, 6) is -6.67. The van der Waals surface area contributed by atoms with E-state index in [-0.39, 0.29) is 36.7 Å². The Morgan fingerprint density at radius 3 is 2.46 bits per heavy atom. The van der Waals surface area contributed by atoms with Crippen molar-refractivity contribution < 1.29 is 31.8 Å². The second kappa shape index (κ2) is 9.78. The molecule has 1 atom stereocenters. The average molecular weight is 526 g/mol. The fourth-order valence-corrected chi connectivity index (χ4v) is 4.31. The van der Waals surface area contributed by atoms with Crippen LogP contribution in [0.3, 0.4) is 0 Å². The minimum absolute atomic E-state index is 0.160. The molecule has 14 heteroatoms. The van der Waals surface area contributed by atoms with Crippen LogP contribution in [0.4, 0.5) is 29.2 Å². The number of nitrogens with one attached hydrogen (secondary N) is 1. The minimum atomic E-state index is -2.80. The number of nitrogens with two attached hydrogens (primary N) is 1. The van der Waals surface area contributed by atoms with E-state index in [1.165, 1.54) is 0 Å². The van der Waals surface area contributed by atoms with Crippen molar-refractivity contribution in [2.75, 3.05) is 36.9 Å². The van der Waals surface area contributed by atoms with Crippen LogP contribution >= 0.6 is 0 Å². The Morgan fingerprint density at radius 1 is 1.08 bits per heavy atom. The third-order valence-electron chi connectivity index (χ3n) is 6.79. The molecule has 37 heavy (non-hydrogen) atoms. The number of carbonyl (C=O) groups excluding carboxylic acids is 1. The van der Waals surface area contributed by atoms with Crippen LogP contribution in [0.2, 0.25) is 0 Å². The molecule has 10 nitrogen and oxygen atoms in total. The molecule has 5 rings (SSSR count). The van der Waals surface area contributed by atoms with E-state index in [1.807, 2.05) is 4.90 Å². The van der Waals surface area contributed by atoms with E-state index in [0.717, 1.165) is 12.8 Å². The van der Waals surface area contributed by atoms with Gasteiger partial charge in [0, 0.05) is 44.6 Å². The highest BCUT2D eigenvalue weighted by atomic mass is 19.3. The number of aromatic nitrogens is 4. The van der Waals surface area contributed by atoms with Crippen LogP contribution in [0.5, 0.6) is 11.8 Å². The number of halogens is 4. The standard InChI is InChI=1S/C23H27F4N7O3/c24-22(25)8-15(9-22)30-19(35)18-31-20(33-21(32-18)37-12-14-7-23(14,26)27)34-5-2-13(3-6-34)11-36-17-10-29-4-1-16(17)28/h1,4,10,13-15H,2-3,5-9,11-12H2,(H2,28,29)(H,30,35). The van der Waals surface area contributed by atoms with Crippen molar-refractivity contribution in [1.29, 1.82) is 0 Å². The second-order valence-corrected chi connectivity index (χ2v) is 9.80. The summed E-state index contributed by atoms with van der Waals surface area (Å²) in [5, 5.41) is 2.48. The molecule has 1 saturated heterocycles. The van der Waals surface area contributed by atoms with Gasteiger partial charge in [-0.25, -0.2) is 17.6 Å². The van der Waals surface area contributed by atoms with E-state index in [0.29, 0.717) is 31.1 Å². The van der Waals surface area contributed by atoms with Crippen LogP contribution in [0, 0.1) is 11.8 Å². The number of anilines is 2. The zero-order valence-electron chi connectivity index (χ0n) is 19.9. The van der Waals surface area contributed by atoms with Crippen molar-refractivity contribution in [3.8, 4) is 11.8 Å². The number of pyridine rings is 1. The predicted molar refractivity (Wildman–Crippen MR) is 123 cm³/mol. The molecule has 2 aromatic rings. The van der Waals surface area contributed by atoms with E-state index in [2.05, 4.69) is 25.3 Å². The highest BCUT2D eigenvalue weighted by molar-refractivity contribution is 5.91. The molecular formula is C23H27F4N7O3. The molecule has 3 aliphatic rings. The molecule has 0 bridgehead atoms. The van der Waals surface area contributed by atoms with E-state index < -0.39 is 42.6 Å². The maximum absolute atomic E-state index is 13.3. The Balaban J connectivity index is 1.22. The van der Waals surface area contributed by atoms with E-state index in [4.69, 9.17) is 15.2 Å². The molecule has 2 saturated carbocycles. The van der Waals surface area contributed by atoms with Gasteiger partial charge in [0.2, 0.25) is 11.8 Å². The summed E-state index contributed by atoms with van der Waals surface area (Å²) in [5.41, 5.74) is 6.39. The first-order valence-corrected chi connectivity index (χ1v) is 12.1. The molecule has 1 amide bonds. The van der Waals surface area contributed by atoms with Crippen molar-refractivity contribution in [1.82, 2.24) is 25.3 Å². The van der Waals surface area contributed by atoms with E-state index in [9.17, 15) is 22.4 Å². The summed E-state index contributed by atoms with van der Waals surface area (Å²) < 4.78 is 64.0. The van der Waals surface area contributed by atoms with E-state index >= 15 is 0 Å². The molecule has 0 spiro atoms. The summed E-state index contributed by atoms with van der Waals surface area (Å²) in [6.45, 7) is 1.22. The topological polar surface area (TPSA) is 128 Å². The van der Waals surface area contributed by atoms with Crippen LogP contribution in [-0.4, -0.2) is 70.0 Å². The van der Waals surface area contributed by atoms with Gasteiger partial charge in [-0.05, 0) is 24.8 Å². The van der Waals surface area contributed by atoms with E-state index in [1.54, 1.807) is 18.5 Å². The zero-order valence-corrected chi connectivity index (χ0v) is 19.9. The Kier molecular flexibility index (Phi) is 6.67. The van der Waals surface area contributed by atoms with Crippen molar-refractivity contribution in [2.45, 2.75) is 50.0 Å². The number of amides is 1. The molecule has 3 heterocycles. The highest BCUT2D eigenvalue weighted by Gasteiger charge is 2.57. The smallest absolute Gasteiger partial charge is 0.321 e. The number of rotatable bonds is 9. The van der Waals surface area contributed by atoms with Crippen molar-refractivity contribution in [3.63, 3.8) is 0 Å². The minimum Gasteiger partial charge on any atom is -0.490 e. The molecule has 1 unspecified atom stereocenters.